The molecule has 5 nitrogen and oxygen atoms in total. The third-order valence-electron chi connectivity index (χ3n) is 2.61. The van der Waals surface area contributed by atoms with Crippen LogP contribution in [0.5, 0.6) is 5.88 Å². The van der Waals surface area contributed by atoms with Gasteiger partial charge in [0.1, 0.15) is 5.69 Å². The Morgan fingerprint density at radius 3 is 2.88 bits per heavy atom. The number of rotatable bonds is 3. The zero-order valence-corrected chi connectivity index (χ0v) is 10.1. The SMILES string of the molecule is COc1nccnc1CN1CC[C@H](N)C1.Cl. The molecule has 1 saturated heterocycles. The highest BCUT2D eigenvalue weighted by Crippen LogP contribution is 2.16. The van der Waals surface area contributed by atoms with E-state index in [9.17, 15) is 0 Å². The Bertz CT molecular complexity index is 336. The van der Waals surface area contributed by atoms with Crippen molar-refractivity contribution in [3.63, 3.8) is 0 Å². The van der Waals surface area contributed by atoms with Crippen LogP contribution in [0.25, 0.3) is 0 Å². The smallest absolute Gasteiger partial charge is 0.236 e. The Balaban J connectivity index is 0.00000128. The van der Waals surface area contributed by atoms with E-state index >= 15 is 0 Å². The lowest BCUT2D eigenvalue weighted by atomic mass is 10.3. The van der Waals surface area contributed by atoms with Gasteiger partial charge in [-0.3, -0.25) is 9.88 Å². The standard InChI is InChI=1S/C10H16N4O.ClH/c1-15-10-9(12-3-4-13-10)7-14-5-2-8(11)6-14;/h3-4,8H,2,5-7,11H2,1H3;1H/t8-;/m0./s1. The first kappa shape index (κ1) is 13.2. The largest absolute Gasteiger partial charge is 0.480 e. The Labute approximate surface area is 101 Å². The first-order chi connectivity index (χ1) is 7.29. The molecule has 0 amide bonds. The minimum atomic E-state index is 0. The maximum Gasteiger partial charge on any atom is 0.236 e. The molecular formula is C10H17ClN4O. The molecule has 1 atom stereocenters. The second-order valence-corrected chi connectivity index (χ2v) is 3.80. The van der Waals surface area contributed by atoms with Gasteiger partial charge in [0.15, 0.2) is 0 Å². The van der Waals surface area contributed by atoms with Crippen molar-refractivity contribution in [3.8, 4) is 5.88 Å². The lowest BCUT2D eigenvalue weighted by Crippen LogP contribution is -2.26. The van der Waals surface area contributed by atoms with Crippen molar-refractivity contribution in [3.05, 3.63) is 18.1 Å². The Hall–Kier alpha value is -0.910. The molecule has 0 saturated carbocycles. The number of halogens is 1. The summed E-state index contributed by atoms with van der Waals surface area (Å²) in [7, 11) is 1.61. The number of methoxy groups -OCH3 is 1. The molecule has 1 aromatic rings. The first-order valence-electron chi connectivity index (χ1n) is 5.11. The average molecular weight is 245 g/mol. The fourth-order valence-corrected chi connectivity index (χ4v) is 1.85. The summed E-state index contributed by atoms with van der Waals surface area (Å²) in [5.74, 6) is 0.609. The molecule has 0 radical (unpaired) electrons. The van der Waals surface area contributed by atoms with Crippen LogP contribution in [0.4, 0.5) is 0 Å². The van der Waals surface area contributed by atoms with Gasteiger partial charge in [-0.1, -0.05) is 0 Å². The predicted octanol–water partition coefficient (Wildman–Crippen LogP) is 0.440. The topological polar surface area (TPSA) is 64.3 Å². The second kappa shape index (κ2) is 5.98. The Kier molecular flexibility index (Phi) is 4.92. The molecule has 16 heavy (non-hydrogen) atoms. The normalized spacial score (nSPS) is 20.5. The van der Waals surface area contributed by atoms with Crippen molar-refractivity contribution in [2.45, 2.75) is 19.0 Å². The second-order valence-electron chi connectivity index (χ2n) is 3.80. The number of nitrogens with two attached hydrogens (primary N) is 1. The van der Waals surface area contributed by atoms with Gasteiger partial charge in [0, 0.05) is 38.1 Å². The van der Waals surface area contributed by atoms with Crippen molar-refractivity contribution >= 4 is 12.4 Å². The van der Waals surface area contributed by atoms with Crippen LogP contribution in [0.15, 0.2) is 12.4 Å². The molecule has 90 valence electrons. The van der Waals surface area contributed by atoms with E-state index in [1.807, 2.05) is 0 Å². The van der Waals surface area contributed by atoms with Gasteiger partial charge in [0.05, 0.1) is 7.11 Å². The van der Waals surface area contributed by atoms with E-state index in [1.54, 1.807) is 19.5 Å². The fourth-order valence-electron chi connectivity index (χ4n) is 1.85. The van der Waals surface area contributed by atoms with Crippen LogP contribution in [0.1, 0.15) is 12.1 Å². The molecule has 1 aromatic heterocycles. The number of nitrogens with zero attached hydrogens (tertiary/aromatic N) is 3. The third-order valence-corrected chi connectivity index (χ3v) is 2.61. The molecule has 0 spiro atoms. The molecule has 1 aliphatic rings. The number of aromatic nitrogens is 2. The summed E-state index contributed by atoms with van der Waals surface area (Å²) in [5.41, 5.74) is 6.72. The van der Waals surface area contributed by atoms with Crippen molar-refractivity contribution in [1.82, 2.24) is 14.9 Å². The highest BCUT2D eigenvalue weighted by atomic mass is 35.5. The van der Waals surface area contributed by atoms with Crippen LogP contribution in [0.2, 0.25) is 0 Å². The molecule has 2 N–H and O–H groups in total. The van der Waals surface area contributed by atoms with E-state index in [0.717, 1.165) is 31.7 Å². The molecular weight excluding hydrogens is 228 g/mol. The average Bonchev–Trinajstić information content (AvgIpc) is 2.65. The summed E-state index contributed by atoms with van der Waals surface area (Å²) in [5, 5.41) is 0. The minimum absolute atomic E-state index is 0. The van der Waals surface area contributed by atoms with Crippen LogP contribution in [0, 0.1) is 0 Å². The van der Waals surface area contributed by atoms with Crippen LogP contribution >= 0.6 is 12.4 Å². The Morgan fingerprint density at radius 2 is 2.25 bits per heavy atom. The highest BCUT2D eigenvalue weighted by Gasteiger charge is 2.20. The summed E-state index contributed by atoms with van der Waals surface area (Å²) in [4.78, 5) is 10.7. The quantitative estimate of drug-likeness (QED) is 0.836. The molecule has 0 aromatic carbocycles. The molecule has 0 unspecified atom stereocenters. The predicted molar refractivity (Wildman–Crippen MR) is 63.7 cm³/mol. The number of hydrogen-bond donors (Lipinski definition) is 1. The van der Waals surface area contributed by atoms with E-state index < -0.39 is 0 Å². The lowest BCUT2D eigenvalue weighted by Gasteiger charge is -2.15. The number of hydrogen-bond acceptors (Lipinski definition) is 5. The maximum absolute atomic E-state index is 5.84. The van der Waals surface area contributed by atoms with Gasteiger partial charge in [0.25, 0.3) is 0 Å². The van der Waals surface area contributed by atoms with Gasteiger partial charge in [-0.2, -0.15) is 0 Å². The molecule has 0 bridgehead atoms. The van der Waals surface area contributed by atoms with Crippen molar-refractivity contribution in [2.24, 2.45) is 5.73 Å². The van der Waals surface area contributed by atoms with Gasteiger partial charge < -0.3 is 10.5 Å². The van der Waals surface area contributed by atoms with Crippen LogP contribution < -0.4 is 10.5 Å². The third kappa shape index (κ3) is 3.04. The van der Waals surface area contributed by atoms with Gasteiger partial charge >= 0.3 is 0 Å². The molecule has 6 heteroatoms. The van der Waals surface area contributed by atoms with E-state index in [4.69, 9.17) is 10.5 Å². The summed E-state index contributed by atoms with van der Waals surface area (Å²) in [6.45, 7) is 2.73. The van der Waals surface area contributed by atoms with E-state index in [2.05, 4.69) is 14.9 Å². The van der Waals surface area contributed by atoms with Crippen LogP contribution in [0.3, 0.4) is 0 Å². The summed E-state index contributed by atoms with van der Waals surface area (Å²) in [6.07, 6.45) is 4.38. The van der Waals surface area contributed by atoms with E-state index in [-0.39, 0.29) is 12.4 Å². The van der Waals surface area contributed by atoms with Gasteiger partial charge in [-0.25, -0.2) is 4.98 Å². The number of ether oxygens (including phenoxy) is 1. The monoisotopic (exact) mass is 244 g/mol. The molecule has 2 rings (SSSR count). The summed E-state index contributed by atoms with van der Waals surface area (Å²) < 4.78 is 5.15. The molecule has 1 fully saturated rings. The van der Waals surface area contributed by atoms with Gasteiger partial charge in [0.2, 0.25) is 5.88 Å². The maximum atomic E-state index is 5.84. The van der Waals surface area contributed by atoms with Gasteiger partial charge in [-0.15, -0.1) is 12.4 Å². The van der Waals surface area contributed by atoms with E-state index in [0.29, 0.717) is 11.9 Å². The van der Waals surface area contributed by atoms with Crippen LogP contribution in [-0.4, -0.2) is 41.1 Å². The molecule has 0 aliphatic carbocycles. The van der Waals surface area contributed by atoms with Crippen molar-refractivity contribution < 1.29 is 4.74 Å². The first-order valence-corrected chi connectivity index (χ1v) is 5.11. The van der Waals surface area contributed by atoms with Gasteiger partial charge in [-0.05, 0) is 6.42 Å². The molecule has 2 heterocycles. The highest BCUT2D eigenvalue weighted by molar-refractivity contribution is 5.85. The number of likely N-dealkylation sites (tertiary alicyclic amines) is 1. The lowest BCUT2D eigenvalue weighted by molar-refractivity contribution is 0.308. The van der Waals surface area contributed by atoms with E-state index in [1.165, 1.54) is 0 Å². The minimum Gasteiger partial charge on any atom is -0.480 e. The Morgan fingerprint density at radius 1 is 1.50 bits per heavy atom. The summed E-state index contributed by atoms with van der Waals surface area (Å²) in [6, 6.07) is 0.299. The molecule has 1 aliphatic heterocycles. The van der Waals surface area contributed by atoms with Crippen molar-refractivity contribution in [2.75, 3.05) is 20.2 Å². The summed E-state index contributed by atoms with van der Waals surface area (Å²) >= 11 is 0. The fraction of sp³-hybridized carbons (Fsp3) is 0.600. The van der Waals surface area contributed by atoms with Crippen LogP contribution in [-0.2, 0) is 6.54 Å². The zero-order valence-electron chi connectivity index (χ0n) is 9.30. The zero-order chi connectivity index (χ0) is 10.7. The van der Waals surface area contributed by atoms with Crippen molar-refractivity contribution in [1.29, 1.82) is 0 Å².